The lowest BCUT2D eigenvalue weighted by Crippen LogP contribution is -2.51. The van der Waals surface area contributed by atoms with Crippen molar-refractivity contribution >= 4 is 5.97 Å². The largest absolute Gasteiger partial charge is 0.468 e. The first-order valence-electron chi connectivity index (χ1n) is 6.80. The molecular weight excluding hydrogens is 240 g/mol. The number of methoxy groups -OCH3 is 1. The third-order valence-corrected chi connectivity index (χ3v) is 4.00. The first-order chi connectivity index (χ1) is 9.23. The maximum absolute atomic E-state index is 12.4. The van der Waals surface area contributed by atoms with Crippen molar-refractivity contribution in [3.63, 3.8) is 0 Å². The zero-order valence-electron chi connectivity index (χ0n) is 11.4. The fourth-order valence-electron chi connectivity index (χ4n) is 3.01. The molecule has 1 saturated heterocycles. The van der Waals surface area contributed by atoms with Crippen molar-refractivity contribution in [2.24, 2.45) is 5.73 Å². The summed E-state index contributed by atoms with van der Waals surface area (Å²) in [4.78, 5) is 12.4. The van der Waals surface area contributed by atoms with Crippen LogP contribution in [-0.4, -0.2) is 32.2 Å². The number of esters is 1. The Bertz CT molecular complexity index is 419. The minimum atomic E-state index is -0.527. The molecule has 104 valence electrons. The van der Waals surface area contributed by atoms with Gasteiger partial charge in [-0.05, 0) is 37.9 Å². The molecule has 19 heavy (non-hydrogen) atoms. The van der Waals surface area contributed by atoms with Crippen LogP contribution in [0.3, 0.4) is 0 Å². The summed E-state index contributed by atoms with van der Waals surface area (Å²) in [6, 6.07) is 10.2. The number of rotatable bonds is 4. The smallest absolute Gasteiger partial charge is 0.316 e. The second kappa shape index (κ2) is 6.17. The van der Waals surface area contributed by atoms with Gasteiger partial charge in [-0.25, -0.2) is 0 Å². The average molecular weight is 262 g/mol. The van der Waals surface area contributed by atoms with Crippen LogP contribution in [0.15, 0.2) is 30.3 Å². The van der Waals surface area contributed by atoms with Gasteiger partial charge in [-0.2, -0.15) is 0 Å². The topological polar surface area (TPSA) is 64.3 Å². The highest BCUT2D eigenvalue weighted by Crippen LogP contribution is 2.37. The van der Waals surface area contributed by atoms with Gasteiger partial charge in [-0.1, -0.05) is 30.3 Å². The first kappa shape index (κ1) is 14.0. The summed E-state index contributed by atoms with van der Waals surface area (Å²) in [6.07, 6.45) is 2.40. The van der Waals surface area contributed by atoms with Gasteiger partial charge >= 0.3 is 5.97 Å². The SMILES string of the molecule is COC(=O)C1(c2ccccc2)CCNC(CCN)C1. The molecule has 2 unspecified atom stereocenters. The van der Waals surface area contributed by atoms with Gasteiger partial charge in [0.15, 0.2) is 0 Å². The molecule has 3 N–H and O–H groups in total. The minimum absolute atomic E-state index is 0.137. The Morgan fingerprint density at radius 2 is 2.21 bits per heavy atom. The van der Waals surface area contributed by atoms with E-state index in [2.05, 4.69) is 5.32 Å². The van der Waals surface area contributed by atoms with Gasteiger partial charge in [0.2, 0.25) is 0 Å². The zero-order valence-corrected chi connectivity index (χ0v) is 11.4. The predicted molar refractivity (Wildman–Crippen MR) is 74.8 cm³/mol. The number of carbonyl (C=O) groups excluding carboxylic acids is 1. The molecule has 1 aromatic rings. The van der Waals surface area contributed by atoms with E-state index in [1.54, 1.807) is 0 Å². The molecule has 2 atom stereocenters. The highest BCUT2D eigenvalue weighted by Gasteiger charge is 2.44. The summed E-state index contributed by atoms with van der Waals surface area (Å²) >= 11 is 0. The lowest BCUT2D eigenvalue weighted by atomic mass is 9.70. The van der Waals surface area contributed by atoms with Crippen LogP contribution >= 0.6 is 0 Å². The van der Waals surface area contributed by atoms with Gasteiger partial charge in [0.25, 0.3) is 0 Å². The van der Waals surface area contributed by atoms with Crippen molar-refractivity contribution in [3.05, 3.63) is 35.9 Å². The van der Waals surface area contributed by atoms with Gasteiger partial charge in [0.05, 0.1) is 12.5 Å². The van der Waals surface area contributed by atoms with E-state index in [1.807, 2.05) is 30.3 Å². The zero-order chi connectivity index (χ0) is 13.7. The van der Waals surface area contributed by atoms with E-state index in [0.717, 1.165) is 31.4 Å². The molecule has 0 saturated carbocycles. The number of nitrogens with two attached hydrogens (primary N) is 1. The van der Waals surface area contributed by atoms with Crippen molar-refractivity contribution in [2.75, 3.05) is 20.2 Å². The molecule has 0 spiro atoms. The monoisotopic (exact) mass is 262 g/mol. The molecule has 0 radical (unpaired) electrons. The second-order valence-electron chi connectivity index (χ2n) is 5.12. The Hall–Kier alpha value is -1.39. The summed E-state index contributed by atoms with van der Waals surface area (Å²) in [7, 11) is 1.47. The van der Waals surface area contributed by atoms with Gasteiger partial charge in [-0.15, -0.1) is 0 Å². The minimum Gasteiger partial charge on any atom is -0.468 e. The number of benzene rings is 1. The van der Waals surface area contributed by atoms with Crippen LogP contribution in [0, 0.1) is 0 Å². The van der Waals surface area contributed by atoms with Crippen LogP contribution in [-0.2, 0) is 14.9 Å². The highest BCUT2D eigenvalue weighted by molar-refractivity contribution is 5.83. The number of ether oxygens (including phenoxy) is 1. The number of hydrogen-bond donors (Lipinski definition) is 2. The van der Waals surface area contributed by atoms with E-state index in [9.17, 15) is 4.79 Å². The summed E-state index contributed by atoms with van der Waals surface area (Å²) < 4.78 is 5.08. The Kier molecular flexibility index (Phi) is 4.56. The lowest BCUT2D eigenvalue weighted by molar-refractivity contribution is -0.149. The number of nitrogens with one attached hydrogen (secondary N) is 1. The quantitative estimate of drug-likeness (QED) is 0.800. The van der Waals surface area contributed by atoms with Crippen LogP contribution in [0.4, 0.5) is 0 Å². The third-order valence-electron chi connectivity index (χ3n) is 4.00. The van der Waals surface area contributed by atoms with Crippen molar-refractivity contribution < 1.29 is 9.53 Å². The molecule has 4 nitrogen and oxygen atoms in total. The summed E-state index contributed by atoms with van der Waals surface area (Å²) in [5.41, 5.74) is 6.16. The lowest BCUT2D eigenvalue weighted by Gasteiger charge is -2.39. The number of hydrogen-bond acceptors (Lipinski definition) is 4. The van der Waals surface area contributed by atoms with E-state index in [1.165, 1.54) is 7.11 Å². The van der Waals surface area contributed by atoms with E-state index in [4.69, 9.17) is 10.5 Å². The predicted octanol–water partition coefficient (Wildman–Crippen LogP) is 1.20. The number of carbonyl (C=O) groups is 1. The molecule has 4 heteroatoms. The average Bonchev–Trinajstić information content (AvgIpc) is 2.48. The molecule has 0 aliphatic carbocycles. The fourth-order valence-corrected chi connectivity index (χ4v) is 3.01. The number of piperidine rings is 1. The molecule has 2 rings (SSSR count). The summed E-state index contributed by atoms with van der Waals surface area (Å²) in [5, 5.41) is 3.44. The van der Waals surface area contributed by atoms with Gasteiger partial charge in [0, 0.05) is 6.04 Å². The Morgan fingerprint density at radius 3 is 2.84 bits per heavy atom. The van der Waals surface area contributed by atoms with E-state index in [-0.39, 0.29) is 12.0 Å². The fraction of sp³-hybridized carbons (Fsp3) is 0.533. The molecule has 1 aromatic carbocycles. The van der Waals surface area contributed by atoms with Crippen LogP contribution in [0.25, 0.3) is 0 Å². The standard InChI is InChI=1S/C15H22N2O2/c1-19-14(18)15(12-5-3-2-4-6-12)8-10-17-13(11-15)7-9-16/h2-6,13,17H,7-11,16H2,1H3. The summed E-state index contributed by atoms with van der Waals surface area (Å²) in [6.45, 7) is 1.44. The van der Waals surface area contributed by atoms with E-state index >= 15 is 0 Å². The molecular formula is C15H22N2O2. The van der Waals surface area contributed by atoms with Gasteiger partial charge in [-0.3, -0.25) is 4.79 Å². The maximum atomic E-state index is 12.4. The van der Waals surface area contributed by atoms with Gasteiger partial charge in [0.1, 0.15) is 0 Å². The van der Waals surface area contributed by atoms with Crippen LogP contribution < -0.4 is 11.1 Å². The normalized spacial score (nSPS) is 26.9. The first-order valence-corrected chi connectivity index (χ1v) is 6.80. The molecule has 1 aliphatic rings. The third kappa shape index (κ3) is 2.80. The van der Waals surface area contributed by atoms with Crippen molar-refractivity contribution in [3.8, 4) is 0 Å². The van der Waals surface area contributed by atoms with Crippen LogP contribution in [0.5, 0.6) is 0 Å². The van der Waals surface area contributed by atoms with Crippen molar-refractivity contribution in [1.29, 1.82) is 0 Å². The van der Waals surface area contributed by atoms with Crippen molar-refractivity contribution in [2.45, 2.75) is 30.7 Å². The van der Waals surface area contributed by atoms with E-state index in [0.29, 0.717) is 6.54 Å². The molecule has 0 bridgehead atoms. The molecule has 1 aliphatic heterocycles. The van der Waals surface area contributed by atoms with Crippen molar-refractivity contribution in [1.82, 2.24) is 5.32 Å². The van der Waals surface area contributed by atoms with E-state index < -0.39 is 5.41 Å². The van der Waals surface area contributed by atoms with Gasteiger partial charge < -0.3 is 15.8 Å². The summed E-state index contributed by atoms with van der Waals surface area (Å²) in [5.74, 6) is -0.137. The molecule has 1 fully saturated rings. The maximum Gasteiger partial charge on any atom is 0.316 e. The van der Waals surface area contributed by atoms with Crippen LogP contribution in [0.2, 0.25) is 0 Å². The Labute approximate surface area is 114 Å². The highest BCUT2D eigenvalue weighted by atomic mass is 16.5. The molecule has 0 amide bonds. The second-order valence-corrected chi connectivity index (χ2v) is 5.12. The van der Waals surface area contributed by atoms with Crippen LogP contribution in [0.1, 0.15) is 24.8 Å². The molecule has 1 heterocycles. The Morgan fingerprint density at radius 1 is 1.47 bits per heavy atom. The Balaban J connectivity index is 2.32. The molecule has 0 aromatic heterocycles.